The summed E-state index contributed by atoms with van der Waals surface area (Å²) >= 11 is 0. The van der Waals surface area contributed by atoms with Crippen molar-refractivity contribution in [3.8, 4) is 11.8 Å². The highest BCUT2D eigenvalue weighted by molar-refractivity contribution is 7.89. The molecule has 2 rings (SSSR count). The second-order valence-corrected chi connectivity index (χ2v) is 8.20. The summed E-state index contributed by atoms with van der Waals surface area (Å²) < 4.78 is 30.9. The standard InChI is InChI=1S/C20H23N3O4S/c1-12-10-13(2)15(4)19(14(12)3)28(25,26)23-22-20(24)16(5)27-18-8-6-17(11-21)7-9-18/h6-10,16,23H,1-5H3,(H,22,24)/t16-/m0/s1. The lowest BCUT2D eigenvalue weighted by Gasteiger charge is -2.18. The maximum absolute atomic E-state index is 12.7. The molecule has 0 saturated heterocycles. The predicted molar refractivity (Wildman–Crippen MR) is 105 cm³/mol. The van der Waals surface area contributed by atoms with E-state index in [1.807, 2.05) is 26.0 Å². The number of benzene rings is 2. The Hall–Kier alpha value is -2.89. The molecule has 0 aliphatic rings. The third-order valence-electron chi connectivity index (χ3n) is 4.54. The molecule has 2 N–H and O–H groups in total. The molecule has 2 aromatic rings. The van der Waals surface area contributed by atoms with Crippen molar-refractivity contribution >= 4 is 15.9 Å². The SMILES string of the molecule is Cc1cc(C)c(C)c(S(=O)(=O)NNC(=O)[C@H](C)Oc2ccc(C#N)cc2)c1C. The maximum atomic E-state index is 12.7. The Balaban J connectivity index is 2.10. The number of rotatable bonds is 6. The molecule has 0 unspecified atom stereocenters. The van der Waals surface area contributed by atoms with Gasteiger partial charge >= 0.3 is 0 Å². The Morgan fingerprint density at radius 3 is 2.11 bits per heavy atom. The number of sulfonamides is 1. The van der Waals surface area contributed by atoms with Crippen molar-refractivity contribution in [2.45, 2.75) is 45.6 Å². The van der Waals surface area contributed by atoms with E-state index < -0.39 is 22.0 Å². The number of aryl methyl sites for hydroxylation is 2. The number of carbonyl (C=O) groups excluding carboxylic acids is 1. The van der Waals surface area contributed by atoms with Gasteiger partial charge in [0.05, 0.1) is 16.5 Å². The summed E-state index contributed by atoms with van der Waals surface area (Å²) in [4.78, 5) is 14.5. The zero-order valence-electron chi connectivity index (χ0n) is 16.5. The van der Waals surface area contributed by atoms with Crippen LogP contribution in [0.2, 0.25) is 0 Å². The fraction of sp³-hybridized carbons (Fsp3) is 0.300. The monoisotopic (exact) mass is 401 g/mol. The van der Waals surface area contributed by atoms with Crippen molar-refractivity contribution in [2.75, 3.05) is 0 Å². The molecule has 148 valence electrons. The number of carbonyl (C=O) groups is 1. The minimum Gasteiger partial charge on any atom is -0.481 e. The molecule has 0 spiro atoms. The van der Waals surface area contributed by atoms with E-state index in [4.69, 9.17) is 10.00 Å². The van der Waals surface area contributed by atoms with E-state index in [1.54, 1.807) is 38.1 Å². The average Bonchev–Trinajstić information content (AvgIpc) is 2.65. The summed E-state index contributed by atoms with van der Waals surface area (Å²) in [6, 6.07) is 10.2. The number of ether oxygens (including phenoxy) is 1. The Bertz CT molecular complexity index is 1010. The second-order valence-electron chi connectivity index (χ2n) is 6.58. The van der Waals surface area contributed by atoms with Gasteiger partial charge in [-0.15, -0.1) is 4.83 Å². The van der Waals surface area contributed by atoms with Crippen molar-refractivity contribution in [1.82, 2.24) is 10.3 Å². The number of hydrogen-bond acceptors (Lipinski definition) is 5. The van der Waals surface area contributed by atoms with Gasteiger partial charge in [-0.3, -0.25) is 10.2 Å². The highest BCUT2D eigenvalue weighted by atomic mass is 32.2. The molecule has 0 saturated carbocycles. The fourth-order valence-corrected chi connectivity index (χ4v) is 4.18. The summed E-state index contributed by atoms with van der Waals surface area (Å²) in [5.41, 5.74) is 5.64. The molecular weight excluding hydrogens is 378 g/mol. The van der Waals surface area contributed by atoms with E-state index in [0.29, 0.717) is 22.4 Å². The smallest absolute Gasteiger partial charge is 0.275 e. The Morgan fingerprint density at radius 2 is 1.61 bits per heavy atom. The molecule has 0 fully saturated rings. The molecular formula is C20H23N3O4S. The molecule has 0 radical (unpaired) electrons. The molecule has 0 aromatic heterocycles. The largest absolute Gasteiger partial charge is 0.481 e. The van der Waals surface area contributed by atoms with E-state index in [2.05, 4.69) is 10.3 Å². The predicted octanol–water partition coefficient (Wildman–Crippen LogP) is 2.57. The number of nitrogens with one attached hydrogen (secondary N) is 2. The highest BCUT2D eigenvalue weighted by Gasteiger charge is 2.24. The van der Waals surface area contributed by atoms with Crippen LogP contribution >= 0.6 is 0 Å². The normalized spacial score (nSPS) is 12.1. The van der Waals surface area contributed by atoms with Crippen LogP contribution in [-0.4, -0.2) is 20.4 Å². The van der Waals surface area contributed by atoms with Gasteiger partial charge in [0, 0.05) is 0 Å². The molecule has 8 heteroatoms. The van der Waals surface area contributed by atoms with Crippen molar-refractivity contribution in [3.05, 3.63) is 58.1 Å². The van der Waals surface area contributed by atoms with Gasteiger partial charge < -0.3 is 4.74 Å². The highest BCUT2D eigenvalue weighted by Crippen LogP contribution is 2.25. The van der Waals surface area contributed by atoms with Gasteiger partial charge in [0.2, 0.25) is 0 Å². The van der Waals surface area contributed by atoms with Crippen LogP contribution in [0, 0.1) is 39.0 Å². The first kappa shape index (κ1) is 21.4. The van der Waals surface area contributed by atoms with Crippen LogP contribution < -0.4 is 15.0 Å². The quantitative estimate of drug-likeness (QED) is 0.723. The first-order valence-corrected chi connectivity index (χ1v) is 10.1. The summed E-state index contributed by atoms with van der Waals surface area (Å²) in [5, 5.41) is 8.79. The van der Waals surface area contributed by atoms with Gasteiger partial charge in [0.1, 0.15) is 5.75 Å². The molecule has 0 heterocycles. The summed E-state index contributed by atoms with van der Waals surface area (Å²) in [7, 11) is -3.95. The number of amides is 1. The second kappa shape index (κ2) is 8.42. The van der Waals surface area contributed by atoms with Crippen LogP contribution in [0.25, 0.3) is 0 Å². The Kier molecular flexibility index (Phi) is 6.44. The Labute approximate surface area is 165 Å². The van der Waals surface area contributed by atoms with Gasteiger partial charge in [-0.1, -0.05) is 6.07 Å². The first-order valence-electron chi connectivity index (χ1n) is 8.62. The van der Waals surface area contributed by atoms with Crippen molar-refractivity contribution in [1.29, 1.82) is 5.26 Å². The van der Waals surface area contributed by atoms with Crippen LogP contribution in [0.3, 0.4) is 0 Å². The molecule has 2 aromatic carbocycles. The lowest BCUT2D eigenvalue weighted by Crippen LogP contribution is -2.47. The molecule has 1 atom stereocenters. The minimum atomic E-state index is -3.95. The maximum Gasteiger partial charge on any atom is 0.275 e. The van der Waals surface area contributed by atoms with Gasteiger partial charge in [0.15, 0.2) is 6.10 Å². The van der Waals surface area contributed by atoms with Crippen molar-refractivity contribution < 1.29 is 17.9 Å². The zero-order chi connectivity index (χ0) is 21.1. The Morgan fingerprint density at radius 1 is 1.07 bits per heavy atom. The molecule has 28 heavy (non-hydrogen) atoms. The van der Waals surface area contributed by atoms with E-state index in [0.717, 1.165) is 11.1 Å². The topological polar surface area (TPSA) is 108 Å². The van der Waals surface area contributed by atoms with Gasteiger partial charge in [-0.2, -0.15) is 5.26 Å². The number of hydrogen-bond donors (Lipinski definition) is 2. The van der Waals surface area contributed by atoms with Gasteiger partial charge in [-0.05, 0) is 81.1 Å². The zero-order valence-corrected chi connectivity index (χ0v) is 17.3. The number of hydrazine groups is 1. The van der Waals surface area contributed by atoms with Crippen molar-refractivity contribution in [3.63, 3.8) is 0 Å². The van der Waals surface area contributed by atoms with E-state index in [9.17, 15) is 13.2 Å². The van der Waals surface area contributed by atoms with Gasteiger partial charge in [0.25, 0.3) is 15.9 Å². The third kappa shape index (κ3) is 4.68. The van der Waals surface area contributed by atoms with Crippen LogP contribution in [0.4, 0.5) is 0 Å². The number of nitriles is 1. The number of nitrogens with zero attached hydrogens (tertiary/aromatic N) is 1. The first-order chi connectivity index (χ1) is 13.1. The molecule has 7 nitrogen and oxygen atoms in total. The van der Waals surface area contributed by atoms with Gasteiger partial charge in [-0.25, -0.2) is 8.42 Å². The van der Waals surface area contributed by atoms with Crippen LogP contribution in [0.5, 0.6) is 5.75 Å². The van der Waals surface area contributed by atoms with Crippen LogP contribution in [0.1, 0.15) is 34.7 Å². The van der Waals surface area contributed by atoms with E-state index in [1.165, 1.54) is 6.92 Å². The van der Waals surface area contributed by atoms with E-state index in [-0.39, 0.29) is 4.90 Å². The summed E-state index contributed by atoms with van der Waals surface area (Å²) in [6.07, 6.45) is -0.947. The summed E-state index contributed by atoms with van der Waals surface area (Å²) in [5.74, 6) is -0.252. The third-order valence-corrected chi connectivity index (χ3v) is 6.06. The lowest BCUT2D eigenvalue weighted by molar-refractivity contribution is -0.127. The lowest BCUT2D eigenvalue weighted by atomic mass is 10.0. The molecule has 1 amide bonds. The molecule has 0 bridgehead atoms. The molecule has 0 aliphatic carbocycles. The van der Waals surface area contributed by atoms with Crippen LogP contribution in [0.15, 0.2) is 35.2 Å². The van der Waals surface area contributed by atoms with Crippen molar-refractivity contribution in [2.24, 2.45) is 0 Å². The molecule has 0 aliphatic heterocycles. The summed E-state index contributed by atoms with van der Waals surface area (Å²) in [6.45, 7) is 8.64. The fourth-order valence-electron chi connectivity index (χ4n) is 2.72. The average molecular weight is 401 g/mol. The van der Waals surface area contributed by atoms with E-state index >= 15 is 0 Å². The minimum absolute atomic E-state index is 0.158. The van der Waals surface area contributed by atoms with Crippen LogP contribution in [-0.2, 0) is 14.8 Å².